The Kier molecular flexibility index (Phi) is 60.3. The molecule has 17 unspecified atom stereocenters. The molecule has 0 aromatic rings. The molecule has 0 aromatic carbocycles. The van der Waals surface area contributed by atoms with Crippen molar-refractivity contribution in [1.82, 2.24) is 5.32 Å². The van der Waals surface area contributed by atoms with E-state index in [1.165, 1.54) is 173 Å². The maximum absolute atomic E-state index is 13.5. The van der Waals surface area contributed by atoms with Gasteiger partial charge in [-0.1, -0.05) is 309 Å². The van der Waals surface area contributed by atoms with Gasteiger partial charge in [-0.25, -0.2) is 0 Å². The van der Waals surface area contributed by atoms with E-state index >= 15 is 0 Å². The van der Waals surface area contributed by atoms with E-state index in [-0.39, 0.29) is 18.9 Å². The third-order valence-electron chi connectivity index (χ3n) is 20.3. The minimum Gasteiger partial charge on any atom is -0.394 e. The molecule has 3 aliphatic rings. The van der Waals surface area contributed by atoms with E-state index in [9.17, 15) is 61.0 Å². The summed E-state index contributed by atoms with van der Waals surface area (Å²) < 4.78 is 34.5. The second-order valence-corrected chi connectivity index (χ2v) is 29.5. The normalized spacial score (nSPS) is 26.2. The van der Waals surface area contributed by atoms with E-state index in [1.807, 2.05) is 6.08 Å². The van der Waals surface area contributed by atoms with Gasteiger partial charge in [0.05, 0.1) is 38.6 Å². The van der Waals surface area contributed by atoms with Crippen LogP contribution in [-0.4, -0.2) is 193 Å². The lowest BCUT2D eigenvalue weighted by Crippen LogP contribution is -2.66. The molecule has 3 rings (SSSR count). The average Bonchev–Trinajstić information content (AvgIpc) is 0.781. The fraction of sp³-hybridized carbons (Fsp3) is 0.782. The number of amides is 1. The maximum atomic E-state index is 13.5. The highest BCUT2D eigenvalue weighted by Crippen LogP contribution is 2.33. The minimum absolute atomic E-state index is 0.226. The Morgan fingerprint density at radius 2 is 0.660 bits per heavy atom. The van der Waals surface area contributed by atoms with Gasteiger partial charge < -0.3 is 89.9 Å². The Morgan fingerprint density at radius 3 is 1.06 bits per heavy atom. The van der Waals surface area contributed by atoms with Gasteiger partial charge in [-0.3, -0.25) is 4.79 Å². The molecule has 19 nitrogen and oxygen atoms in total. The summed E-state index contributed by atoms with van der Waals surface area (Å²) in [6.07, 6.45) is 65.1. The van der Waals surface area contributed by atoms with Crippen molar-refractivity contribution in [1.29, 1.82) is 0 Å². The molecule has 19 heteroatoms. The van der Waals surface area contributed by atoms with Crippen LogP contribution in [0.25, 0.3) is 0 Å². The number of carbonyl (C=O) groups excluding carboxylic acids is 1. The quantitative estimate of drug-likeness (QED) is 0.0199. The highest BCUT2D eigenvalue weighted by molar-refractivity contribution is 5.76. The van der Waals surface area contributed by atoms with Crippen LogP contribution >= 0.6 is 0 Å². The van der Waals surface area contributed by atoms with E-state index in [2.05, 4.69) is 116 Å². The summed E-state index contributed by atoms with van der Waals surface area (Å²) in [4.78, 5) is 13.5. The van der Waals surface area contributed by atoms with E-state index in [0.717, 1.165) is 96.3 Å². The summed E-state index contributed by atoms with van der Waals surface area (Å²) in [7, 11) is 0. The molecule has 0 saturated carbocycles. The van der Waals surface area contributed by atoms with Gasteiger partial charge in [0.1, 0.15) is 73.2 Å². The Hall–Kier alpha value is -3.55. The molecule has 0 radical (unpaired) electrons. The number of ether oxygens (including phenoxy) is 6. The molecule has 0 aliphatic carbocycles. The molecule has 17 atom stereocenters. The zero-order valence-corrected chi connectivity index (χ0v) is 65.6. The number of allylic oxidation sites excluding steroid dienone is 17. The van der Waals surface area contributed by atoms with Crippen molar-refractivity contribution in [3.05, 3.63) is 109 Å². The molecular weight excluding hydrogens is 1350 g/mol. The molecule has 0 aromatic heterocycles. The summed E-state index contributed by atoms with van der Waals surface area (Å²) >= 11 is 0. The summed E-state index contributed by atoms with van der Waals surface area (Å²) in [6, 6.07) is -1.01. The van der Waals surface area contributed by atoms with Crippen LogP contribution in [-0.2, 0) is 33.2 Å². The van der Waals surface area contributed by atoms with Crippen molar-refractivity contribution in [2.75, 3.05) is 26.4 Å². The smallest absolute Gasteiger partial charge is 0.220 e. The number of aliphatic hydroxyl groups excluding tert-OH is 11. The third kappa shape index (κ3) is 45.1. The average molecular weight is 1500 g/mol. The number of carbonyl (C=O) groups is 1. The molecular formula is C87H151NO18. The van der Waals surface area contributed by atoms with Gasteiger partial charge in [0.25, 0.3) is 0 Å². The number of rotatable bonds is 66. The Balaban J connectivity index is 1.38. The zero-order chi connectivity index (χ0) is 76.7. The number of unbranched alkanes of at least 4 members (excludes halogenated alkanes) is 34. The number of hydrogen-bond donors (Lipinski definition) is 12. The van der Waals surface area contributed by atoms with Crippen LogP contribution in [0.15, 0.2) is 109 Å². The van der Waals surface area contributed by atoms with E-state index in [4.69, 9.17) is 28.4 Å². The topological polar surface area (TPSA) is 307 Å². The van der Waals surface area contributed by atoms with Crippen LogP contribution in [0.1, 0.15) is 303 Å². The Morgan fingerprint density at radius 1 is 0.349 bits per heavy atom. The maximum Gasteiger partial charge on any atom is 0.220 e. The first kappa shape index (κ1) is 96.6. The van der Waals surface area contributed by atoms with Crippen LogP contribution in [0, 0.1) is 0 Å². The first-order valence-electron chi connectivity index (χ1n) is 42.1. The van der Waals surface area contributed by atoms with E-state index in [1.54, 1.807) is 6.08 Å². The van der Waals surface area contributed by atoms with Crippen molar-refractivity contribution in [2.24, 2.45) is 0 Å². The fourth-order valence-electron chi connectivity index (χ4n) is 13.6. The molecule has 612 valence electrons. The standard InChI is InChI=1S/C87H151NO18/c1-3-5-7-9-11-13-15-17-19-21-23-25-27-29-31-33-34-35-36-37-39-41-43-45-47-49-51-53-55-57-59-61-63-65-75(93)88-70(71(92)64-62-60-58-56-54-52-50-48-46-44-42-40-38-32-30-28-26-24-22-20-18-16-14-12-10-8-6-4-2)69-101-85-81(99)78(96)83(73(67-90)103-85)106-87-82(100)79(97)84(74(68-91)104-87)105-86-80(98)77(95)76(94)72(66-89)102-86/h5,7,11,13,17,19,23,25,29,31,34-35,46,48,54,56,62,64,70-74,76-87,89-92,94-100H,3-4,6,8-10,12,14-16,18,20-22,24,26-28,30,32-33,36-45,47,49-53,55,57-61,63,65-69H2,1-2H3,(H,88,93)/b7-5-,13-11-,19-17-,25-23-,31-29-,35-34-,48-46+,56-54+,64-62+. The first-order valence-corrected chi connectivity index (χ1v) is 42.1. The molecule has 3 aliphatic heterocycles. The molecule has 0 bridgehead atoms. The highest BCUT2D eigenvalue weighted by Gasteiger charge is 2.54. The van der Waals surface area contributed by atoms with Gasteiger partial charge >= 0.3 is 0 Å². The van der Waals surface area contributed by atoms with Crippen LogP contribution in [0.5, 0.6) is 0 Å². The van der Waals surface area contributed by atoms with Crippen molar-refractivity contribution in [3.63, 3.8) is 0 Å². The van der Waals surface area contributed by atoms with Crippen LogP contribution in [0.4, 0.5) is 0 Å². The van der Waals surface area contributed by atoms with Gasteiger partial charge in [-0.05, 0) is 96.3 Å². The van der Waals surface area contributed by atoms with Crippen molar-refractivity contribution in [2.45, 2.75) is 407 Å². The highest BCUT2D eigenvalue weighted by atomic mass is 16.8. The summed E-state index contributed by atoms with van der Waals surface area (Å²) in [5.41, 5.74) is 0. The Labute approximate surface area is 640 Å². The van der Waals surface area contributed by atoms with Crippen molar-refractivity contribution < 1.29 is 89.4 Å². The summed E-state index contributed by atoms with van der Waals surface area (Å²) in [5, 5.41) is 121. The monoisotopic (exact) mass is 1500 g/mol. The second kappa shape index (κ2) is 66.1. The van der Waals surface area contributed by atoms with Gasteiger partial charge in [0.2, 0.25) is 5.91 Å². The molecule has 3 saturated heterocycles. The van der Waals surface area contributed by atoms with E-state index in [0.29, 0.717) is 12.8 Å². The summed E-state index contributed by atoms with van der Waals surface area (Å²) in [5.74, 6) is -0.291. The van der Waals surface area contributed by atoms with Gasteiger partial charge in [0.15, 0.2) is 18.9 Å². The Bertz CT molecular complexity index is 2340. The van der Waals surface area contributed by atoms with Crippen LogP contribution < -0.4 is 5.32 Å². The van der Waals surface area contributed by atoms with Crippen molar-refractivity contribution >= 4 is 5.91 Å². The van der Waals surface area contributed by atoms with Crippen LogP contribution in [0.2, 0.25) is 0 Å². The number of hydrogen-bond acceptors (Lipinski definition) is 18. The third-order valence-corrected chi connectivity index (χ3v) is 20.3. The predicted molar refractivity (Wildman–Crippen MR) is 424 cm³/mol. The molecule has 12 N–H and O–H groups in total. The number of aliphatic hydroxyl groups is 11. The van der Waals surface area contributed by atoms with Gasteiger partial charge in [-0.2, -0.15) is 0 Å². The molecule has 0 spiro atoms. The first-order chi connectivity index (χ1) is 51.8. The minimum atomic E-state index is -1.99. The lowest BCUT2D eigenvalue weighted by molar-refractivity contribution is -0.379. The fourth-order valence-corrected chi connectivity index (χ4v) is 13.6. The molecule has 106 heavy (non-hydrogen) atoms. The van der Waals surface area contributed by atoms with Crippen LogP contribution in [0.3, 0.4) is 0 Å². The largest absolute Gasteiger partial charge is 0.394 e. The zero-order valence-electron chi connectivity index (χ0n) is 65.6. The predicted octanol–water partition coefficient (Wildman–Crippen LogP) is 14.9. The van der Waals surface area contributed by atoms with E-state index < -0.39 is 124 Å². The molecule has 1 amide bonds. The van der Waals surface area contributed by atoms with Gasteiger partial charge in [0, 0.05) is 6.42 Å². The lowest BCUT2D eigenvalue weighted by atomic mass is 9.96. The SMILES string of the molecule is CC/C=C\C/C=C\C/C=C\C/C=C\C/C=C\C/C=C\CCCCCCCCCCCCCCCCC(=O)NC(COC1OC(CO)C(OC2OC(CO)C(OC3OC(CO)C(O)C(O)C3O)C(O)C2O)C(O)C1O)C(O)/C=C/CC/C=C/CC/C=C/CCCCCCCCCCCCCCCCCCCC. The number of nitrogens with one attached hydrogen (secondary N) is 1. The molecule has 3 heterocycles. The van der Waals surface area contributed by atoms with Crippen molar-refractivity contribution in [3.8, 4) is 0 Å². The lowest BCUT2D eigenvalue weighted by Gasteiger charge is -2.48. The summed E-state index contributed by atoms with van der Waals surface area (Å²) in [6.45, 7) is 1.62. The van der Waals surface area contributed by atoms with Gasteiger partial charge in [-0.15, -0.1) is 0 Å². The second-order valence-electron chi connectivity index (χ2n) is 29.5. The molecule has 3 fully saturated rings.